The van der Waals surface area contributed by atoms with Gasteiger partial charge in [0.1, 0.15) is 24.5 Å². The van der Waals surface area contributed by atoms with E-state index in [2.05, 4.69) is 15.4 Å². The van der Waals surface area contributed by atoms with Crippen LogP contribution in [0.15, 0.2) is 113 Å². The van der Waals surface area contributed by atoms with Gasteiger partial charge in [-0.1, -0.05) is 97.4 Å². The molecule has 1 aromatic heterocycles. The summed E-state index contributed by atoms with van der Waals surface area (Å²) in [4.78, 5) is 31.5. The van der Waals surface area contributed by atoms with Gasteiger partial charge in [0.2, 0.25) is 11.4 Å². The zero-order chi connectivity index (χ0) is 41.6. The monoisotopic (exact) mass is 817 g/mol. The van der Waals surface area contributed by atoms with Crippen LogP contribution in [0.2, 0.25) is 0 Å². The minimum absolute atomic E-state index is 0.0418. The number of piperidine rings is 1. The van der Waals surface area contributed by atoms with Crippen molar-refractivity contribution in [1.82, 2.24) is 15.4 Å². The Labute approximate surface area is 346 Å². The number of Topliss-reactive ketones (excluding diaryl/α,β-unsaturated/α-hetero) is 2. The van der Waals surface area contributed by atoms with Crippen LogP contribution in [-0.2, 0) is 43.5 Å². The summed E-state index contributed by atoms with van der Waals surface area (Å²) in [6.45, 7) is 1.36. The standard InChI is InChI=1S/C46H39F3N2O6.C2H7N/c47-46(48,49)40-32(34-18-10-11-19-51(34)24-27-12-4-1-5-13-27)23-35(54-25-28-14-6-2-7-15-28)38-33(40)21-30-20-31-22-36-39(42(53)45(31)43(56-45)37(30)41(38)52)44(50-57-36)55-26-29-16-8-3-9-17-29;1-3-2/h1-9,12-17,23,30-31,34H,10-11,18-22,24-26H2;3H,1-2H3/t30?,31-,34?,45+;/m0./s1. The number of benzene rings is 4. The van der Waals surface area contributed by atoms with Crippen LogP contribution in [-0.4, -0.2) is 47.9 Å². The molecule has 10 rings (SSSR count). The van der Waals surface area contributed by atoms with E-state index in [9.17, 15) is 9.59 Å². The molecule has 1 N–H and O–H groups in total. The average molecular weight is 818 g/mol. The third-order valence-corrected chi connectivity index (χ3v) is 12.4. The third-order valence-electron chi connectivity index (χ3n) is 12.4. The Hall–Kier alpha value is -5.72. The maximum Gasteiger partial charge on any atom is 0.417 e. The number of epoxide rings is 1. The van der Waals surface area contributed by atoms with E-state index in [-0.39, 0.29) is 77.7 Å². The SMILES string of the molecule is CNC.O=C1C2=C3O[C@]34C(=O)c3c(OCc5ccccc5)noc3C[C@@H]4CC2Cc2c1c(OCc1ccccc1)cc(C1CCCCN1Cc1ccccc1)c2C(F)(F)F. The number of aromatic nitrogens is 1. The molecule has 2 unspecified atom stereocenters. The van der Waals surface area contributed by atoms with Crippen molar-refractivity contribution in [1.29, 1.82) is 0 Å². The first-order chi connectivity index (χ1) is 29.1. The number of likely N-dealkylation sites (tertiary alicyclic amines) is 1. The number of carbonyl (C=O) groups excluding carboxylic acids is 2. The number of nitrogens with one attached hydrogen (secondary N) is 1. The molecule has 0 radical (unpaired) electrons. The predicted octanol–water partition coefficient (Wildman–Crippen LogP) is 9.25. The van der Waals surface area contributed by atoms with Crippen LogP contribution in [0, 0.1) is 11.8 Å². The first-order valence-corrected chi connectivity index (χ1v) is 20.6. The molecule has 12 heteroatoms. The Morgan fingerprint density at radius 1 is 0.850 bits per heavy atom. The largest absolute Gasteiger partial charge is 0.488 e. The van der Waals surface area contributed by atoms with Gasteiger partial charge in [0.05, 0.1) is 11.1 Å². The fraction of sp³-hybridized carbons (Fsp3) is 0.354. The molecule has 0 saturated carbocycles. The predicted molar refractivity (Wildman–Crippen MR) is 216 cm³/mol. The lowest BCUT2D eigenvalue weighted by molar-refractivity contribution is -0.139. The summed E-state index contributed by atoms with van der Waals surface area (Å²) in [7, 11) is 3.75. The Balaban J connectivity index is 0.00000150. The molecule has 5 aliphatic rings. The summed E-state index contributed by atoms with van der Waals surface area (Å²) in [5.74, 6) is -1.28. The molecule has 3 aliphatic carbocycles. The summed E-state index contributed by atoms with van der Waals surface area (Å²) >= 11 is 0. The molecule has 2 fully saturated rings. The highest BCUT2D eigenvalue weighted by molar-refractivity contribution is 6.17. The number of nitrogens with zero attached hydrogens (tertiary/aromatic N) is 2. The Bertz CT molecular complexity index is 2430. The molecule has 0 bridgehead atoms. The Kier molecular flexibility index (Phi) is 10.6. The lowest BCUT2D eigenvalue weighted by Gasteiger charge is -2.40. The lowest BCUT2D eigenvalue weighted by Crippen LogP contribution is -2.44. The van der Waals surface area contributed by atoms with Crippen LogP contribution in [0.4, 0.5) is 13.2 Å². The van der Waals surface area contributed by atoms with Gasteiger partial charge in [-0.2, -0.15) is 13.2 Å². The van der Waals surface area contributed by atoms with Crippen molar-refractivity contribution in [2.24, 2.45) is 11.8 Å². The van der Waals surface area contributed by atoms with E-state index in [1.165, 1.54) is 6.07 Å². The van der Waals surface area contributed by atoms with Crippen molar-refractivity contribution in [3.8, 4) is 11.6 Å². The molecular weight excluding hydrogens is 772 g/mol. The minimum Gasteiger partial charge on any atom is -0.488 e. The first kappa shape index (κ1) is 39.7. The van der Waals surface area contributed by atoms with Gasteiger partial charge < -0.3 is 24.1 Å². The molecule has 310 valence electrons. The van der Waals surface area contributed by atoms with Crippen LogP contribution >= 0.6 is 0 Å². The van der Waals surface area contributed by atoms with Gasteiger partial charge in [-0.05, 0) is 91.3 Å². The molecule has 60 heavy (non-hydrogen) atoms. The zero-order valence-corrected chi connectivity index (χ0v) is 33.5. The molecule has 0 amide bonds. The molecule has 3 heterocycles. The maximum atomic E-state index is 15.7. The third kappa shape index (κ3) is 7.09. The van der Waals surface area contributed by atoms with Gasteiger partial charge in [0.15, 0.2) is 17.3 Å². The van der Waals surface area contributed by atoms with Gasteiger partial charge in [0.25, 0.3) is 5.88 Å². The van der Waals surface area contributed by atoms with Crippen molar-refractivity contribution in [3.63, 3.8) is 0 Å². The highest BCUT2D eigenvalue weighted by Crippen LogP contribution is 2.64. The van der Waals surface area contributed by atoms with E-state index in [0.717, 1.165) is 29.5 Å². The highest BCUT2D eigenvalue weighted by Gasteiger charge is 2.72. The van der Waals surface area contributed by atoms with Crippen molar-refractivity contribution in [2.75, 3.05) is 20.6 Å². The van der Waals surface area contributed by atoms with Crippen molar-refractivity contribution >= 4 is 11.6 Å². The van der Waals surface area contributed by atoms with E-state index < -0.39 is 46.8 Å². The quantitative estimate of drug-likeness (QED) is 0.146. The fourth-order valence-electron chi connectivity index (χ4n) is 9.78. The van der Waals surface area contributed by atoms with Gasteiger partial charge in [-0.15, -0.1) is 0 Å². The number of rotatable bonds is 9. The number of fused-ring (bicyclic) bond motifs is 3. The topological polar surface area (TPSA) is 106 Å². The number of ether oxygens (including phenoxy) is 3. The number of halogens is 3. The summed E-state index contributed by atoms with van der Waals surface area (Å²) < 4.78 is 71.5. The number of carbonyl (C=O) groups is 2. The van der Waals surface area contributed by atoms with Crippen molar-refractivity contribution in [3.05, 3.63) is 159 Å². The maximum absolute atomic E-state index is 15.7. The van der Waals surface area contributed by atoms with Crippen LogP contribution < -0.4 is 14.8 Å². The Morgan fingerprint density at radius 2 is 1.48 bits per heavy atom. The molecule has 4 aromatic carbocycles. The molecule has 1 spiro atoms. The van der Waals surface area contributed by atoms with Crippen molar-refractivity contribution in [2.45, 2.75) is 76.1 Å². The number of hydrogen-bond acceptors (Lipinski definition) is 9. The molecule has 4 atom stereocenters. The highest BCUT2D eigenvalue weighted by atomic mass is 19.4. The van der Waals surface area contributed by atoms with Crippen LogP contribution in [0.1, 0.15) is 91.6 Å². The summed E-state index contributed by atoms with van der Waals surface area (Å²) in [5, 5.41) is 6.84. The smallest absolute Gasteiger partial charge is 0.417 e. The Morgan fingerprint density at radius 3 is 2.13 bits per heavy atom. The second kappa shape index (κ2) is 16.0. The van der Waals surface area contributed by atoms with Gasteiger partial charge in [-0.25, -0.2) is 0 Å². The summed E-state index contributed by atoms with van der Waals surface area (Å²) in [6, 6.07) is 29.5. The second-order valence-electron chi connectivity index (χ2n) is 16.3. The number of hydrogen-bond donors (Lipinski definition) is 1. The van der Waals surface area contributed by atoms with Gasteiger partial charge in [-0.3, -0.25) is 14.5 Å². The normalized spacial score (nSPS) is 22.9. The minimum atomic E-state index is -4.75. The molecule has 9 nitrogen and oxygen atoms in total. The molecule has 5 aromatic rings. The average Bonchev–Trinajstić information content (AvgIpc) is 3.88. The molecule has 2 saturated heterocycles. The summed E-state index contributed by atoms with van der Waals surface area (Å²) in [6.07, 6.45) is -2.07. The fourth-order valence-corrected chi connectivity index (χ4v) is 9.78. The van der Waals surface area contributed by atoms with E-state index in [1.807, 2.05) is 105 Å². The molecule has 2 aliphatic heterocycles. The molecular formula is C48H46F3N3O6. The van der Waals surface area contributed by atoms with Crippen LogP contribution in [0.25, 0.3) is 0 Å². The second-order valence-corrected chi connectivity index (χ2v) is 16.3. The number of ketones is 2. The number of allylic oxidation sites excluding steroid dienone is 1. The van der Waals surface area contributed by atoms with E-state index in [0.29, 0.717) is 25.3 Å². The van der Waals surface area contributed by atoms with Crippen LogP contribution in [0.5, 0.6) is 11.6 Å². The van der Waals surface area contributed by atoms with E-state index >= 15 is 13.2 Å². The summed E-state index contributed by atoms with van der Waals surface area (Å²) in [5.41, 5.74) is 0.977. The van der Waals surface area contributed by atoms with Gasteiger partial charge >= 0.3 is 6.18 Å². The lowest BCUT2D eigenvalue weighted by atomic mass is 9.62. The van der Waals surface area contributed by atoms with E-state index in [1.54, 1.807) is 0 Å². The van der Waals surface area contributed by atoms with E-state index in [4.69, 9.17) is 18.7 Å². The van der Waals surface area contributed by atoms with Crippen molar-refractivity contribution < 1.29 is 41.5 Å². The first-order valence-electron chi connectivity index (χ1n) is 20.6. The number of alkyl halides is 3. The van der Waals surface area contributed by atoms with Gasteiger partial charge in [0, 0.05) is 30.5 Å². The zero-order valence-electron chi connectivity index (χ0n) is 33.5. The van der Waals surface area contributed by atoms with Crippen LogP contribution in [0.3, 0.4) is 0 Å².